The van der Waals surface area contributed by atoms with E-state index in [1.54, 1.807) is 12.1 Å². The van der Waals surface area contributed by atoms with E-state index in [0.29, 0.717) is 31.0 Å². The summed E-state index contributed by atoms with van der Waals surface area (Å²) in [6.07, 6.45) is 5.38. The van der Waals surface area contributed by atoms with Crippen molar-refractivity contribution in [2.75, 3.05) is 35.6 Å². The first-order chi connectivity index (χ1) is 13.0. The first-order valence-corrected chi connectivity index (χ1v) is 10.9. The Kier molecular flexibility index (Phi) is 7.24. The molecule has 1 heterocycles. The topological polar surface area (TPSA) is 53.6 Å². The fraction of sp³-hybridized carbons (Fsp3) is 0.650. The number of halogens is 1. The van der Waals surface area contributed by atoms with Gasteiger partial charge in [0.2, 0.25) is 0 Å². The van der Waals surface area contributed by atoms with E-state index in [2.05, 4.69) is 10.6 Å². The van der Waals surface area contributed by atoms with E-state index >= 15 is 0 Å². The van der Waals surface area contributed by atoms with E-state index < -0.39 is 0 Å². The van der Waals surface area contributed by atoms with Crippen molar-refractivity contribution < 1.29 is 13.9 Å². The molecule has 1 aliphatic heterocycles. The van der Waals surface area contributed by atoms with Gasteiger partial charge in [-0.1, -0.05) is 12.8 Å². The number of anilines is 2. The normalized spacial score (nSPS) is 23.4. The third-order valence-electron chi connectivity index (χ3n) is 5.01. The summed E-state index contributed by atoms with van der Waals surface area (Å²) in [4.78, 5) is 14.0. The maximum absolute atomic E-state index is 14.6. The third kappa shape index (κ3) is 6.01. The van der Waals surface area contributed by atoms with Crippen LogP contribution in [0.2, 0.25) is 0 Å². The Labute approximate surface area is 165 Å². The van der Waals surface area contributed by atoms with Gasteiger partial charge in [0.15, 0.2) is 0 Å². The van der Waals surface area contributed by atoms with Crippen molar-refractivity contribution in [3.8, 4) is 0 Å². The number of benzene rings is 1. The van der Waals surface area contributed by atoms with Gasteiger partial charge in [-0.3, -0.25) is 0 Å². The van der Waals surface area contributed by atoms with Gasteiger partial charge in [-0.2, -0.15) is 11.8 Å². The van der Waals surface area contributed by atoms with Crippen LogP contribution in [0, 0.1) is 5.82 Å². The number of carbonyl (C=O) groups is 1. The maximum atomic E-state index is 14.6. The highest BCUT2D eigenvalue weighted by Crippen LogP contribution is 2.29. The maximum Gasteiger partial charge on any atom is 0.319 e. The number of nitrogens with one attached hydrogen (secondary N) is 2. The first kappa shape index (κ1) is 20.3. The molecule has 1 aromatic carbocycles. The Morgan fingerprint density at radius 3 is 2.63 bits per heavy atom. The summed E-state index contributed by atoms with van der Waals surface area (Å²) in [6, 6.07) is 4.57. The molecule has 2 fully saturated rings. The lowest BCUT2D eigenvalue weighted by Crippen LogP contribution is -2.45. The van der Waals surface area contributed by atoms with Gasteiger partial charge in [0.05, 0.1) is 17.9 Å². The number of amides is 2. The number of hydrogen-bond acceptors (Lipinski definition) is 4. The SMILES string of the molecule is C[C@H]1CN(c2ccc(NC(=O)NCCSC3CCCC3)cc2F)C[C@H](C)O1. The number of hydrogen-bond donors (Lipinski definition) is 2. The van der Waals surface area contributed by atoms with Crippen LogP contribution in [0.3, 0.4) is 0 Å². The monoisotopic (exact) mass is 395 g/mol. The van der Waals surface area contributed by atoms with Crippen molar-refractivity contribution >= 4 is 29.2 Å². The number of morpholine rings is 1. The zero-order valence-electron chi connectivity index (χ0n) is 16.2. The Bertz CT molecular complexity index is 630. The van der Waals surface area contributed by atoms with Crippen LogP contribution in [0.1, 0.15) is 39.5 Å². The molecule has 1 saturated carbocycles. The van der Waals surface area contributed by atoms with Crippen molar-refractivity contribution in [2.45, 2.75) is 57.0 Å². The van der Waals surface area contributed by atoms with Gasteiger partial charge in [0.25, 0.3) is 0 Å². The minimum Gasteiger partial charge on any atom is -0.372 e. The molecule has 0 bridgehead atoms. The molecule has 2 N–H and O–H groups in total. The van der Waals surface area contributed by atoms with Crippen LogP contribution in [0.25, 0.3) is 0 Å². The van der Waals surface area contributed by atoms with Gasteiger partial charge in [-0.25, -0.2) is 9.18 Å². The second-order valence-corrected chi connectivity index (χ2v) is 8.89. The molecule has 1 aliphatic carbocycles. The molecule has 0 spiro atoms. The van der Waals surface area contributed by atoms with Crippen LogP contribution in [-0.2, 0) is 4.74 Å². The highest BCUT2D eigenvalue weighted by Gasteiger charge is 2.24. The summed E-state index contributed by atoms with van der Waals surface area (Å²) in [6.45, 7) is 5.93. The van der Waals surface area contributed by atoms with Gasteiger partial charge in [0.1, 0.15) is 5.82 Å². The number of thioether (sulfide) groups is 1. The van der Waals surface area contributed by atoms with E-state index in [0.717, 1.165) is 11.0 Å². The largest absolute Gasteiger partial charge is 0.372 e. The van der Waals surface area contributed by atoms with Crippen molar-refractivity contribution in [1.29, 1.82) is 0 Å². The number of carbonyl (C=O) groups excluding carboxylic acids is 1. The molecule has 3 rings (SSSR count). The summed E-state index contributed by atoms with van der Waals surface area (Å²) in [7, 11) is 0. The lowest BCUT2D eigenvalue weighted by Gasteiger charge is -2.37. The van der Waals surface area contributed by atoms with E-state index in [4.69, 9.17) is 4.74 Å². The molecule has 27 heavy (non-hydrogen) atoms. The van der Waals surface area contributed by atoms with Gasteiger partial charge < -0.3 is 20.3 Å². The molecule has 2 atom stereocenters. The molecule has 0 radical (unpaired) electrons. The minimum absolute atomic E-state index is 0.0684. The zero-order chi connectivity index (χ0) is 19.2. The van der Waals surface area contributed by atoms with Crippen LogP contribution < -0.4 is 15.5 Å². The van der Waals surface area contributed by atoms with Crippen molar-refractivity contribution in [1.82, 2.24) is 5.32 Å². The molecule has 0 unspecified atom stereocenters. The van der Waals surface area contributed by atoms with Crippen molar-refractivity contribution in [2.24, 2.45) is 0 Å². The molecule has 0 aromatic heterocycles. The first-order valence-electron chi connectivity index (χ1n) is 9.87. The van der Waals surface area contributed by atoms with Crippen LogP contribution >= 0.6 is 11.8 Å². The molecule has 1 aromatic rings. The predicted molar refractivity (Wildman–Crippen MR) is 110 cm³/mol. The summed E-state index contributed by atoms with van der Waals surface area (Å²) < 4.78 is 20.3. The second kappa shape index (κ2) is 9.64. The number of nitrogens with zero attached hydrogens (tertiary/aromatic N) is 1. The van der Waals surface area contributed by atoms with Crippen molar-refractivity contribution in [3.05, 3.63) is 24.0 Å². The second-order valence-electron chi connectivity index (χ2n) is 7.49. The summed E-state index contributed by atoms with van der Waals surface area (Å²) in [5.41, 5.74) is 1.02. The fourth-order valence-electron chi connectivity index (χ4n) is 3.84. The Morgan fingerprint density at radius 2 is 1.96 bits per heavy atom. The number of ether oxygens (including phenoxy) is 1. The Balaban J connectivity index is 1.46. The van der Waals surface area contributed by atoms with Crippen molar-refractivity contribution in [3.63, 3.8) is 0 Å². The highest BCUT2D eigenvalue weighted by molar-refractivity contribution is 7.99. The molecule has 5 nitrogen and oxygen atoms in total. The predicted octanol–water partition coefficient (Wildman–Crippen LogP) is 4.24. The summed E-state index contributed by atoms with van der Waals surface area (Å²) >= 11 is 1.93. The van der Waals surface area contributed by atoms with E-state index in [1.807, 2.05) is 30.5 Å². The van der Waals surface area contributed by atoms with Gasteiger partial charge >= 0.3 is 6.03 Å². The van der Waals surface area contributed by atoms with Gasteiger partial charge in [-0.05, 0) is 44.9 Å². The number of rotatable bonds is 6. The fourth-order valence-corrected chi connectivity index (χ4v) is 5.06. The van der Waals surface area contributed by atoms with E-state index in [1.165, 1.54) is 31.7 Å². The van der Waals surface area contributed by atoms with E-state index in [-0.39, 0.29) is 24.1 Å². The average Bonchev–Trinajstić information content (AvgIpc) is 3.11. The Morgan fingerprint density at radius 1 is 1.26 bits per heavy atom. The molecule has 1 saturated heterocycles. The smallest absolute Gasteiger partial charge is 0.319 e. The molecule has 2 aliphatic rings. The highest BCUT2D eigenvalue weighted by atomic mass is 32.2. The van der Waals surface area contributed by atoms with Crippen LogP contribution in [0.15, 0.2) is 18.2 Å². The summed E-state index contributed by atoms with van der Waals surface area (Å²) in [5, 5.41) is 6.31. The third-order valence-corrected chi connectivity index (χ3v) is 6.39. The van der Waals surface area contributed by atoms with Crippen LogP contribution in [0.5, 0.6) is 0 Å². The molecular formula is C20H30FN3O2S. The molecule has 7 heteroatoms. The molecule has 150 valence electrons. The lowest BCUT2D eigenvalue weighted by atomic mass is 10.2. The van der Waals surface area contributed by atoms with Crippen LogP contribution in [0.4, 0.5) is 20.6 Å². The minimum atomic E-state index is -0.328. The quantitative estimate of drug-likeness (QED) is 0.708. The van der Waals surface area contributed by atoms with Crippen LogP contribution in [-0.4, -0.2) is 48.9 Å². The zero-order valence-corrected chi connectivity index (χ0v) is 17.0. The van der Waals surface area contributed by atoms with Gasteiger partial charge in [-0.15, -0.1) is 0 Å². The average molecular weight is 396 g/mol. The summed E-state index contributed by atoms with van der Waals surface area (Å²) in [5.74, 6) is 0.588. The lowest BCUT2D eigenvalue weighted by molar-refractivity contribution is -0.00539. The van der Waals surface area contributed by atoms with Gasteiger partial charge in [0, 0.05) is 36.3 Å². The molecular weight excluding hydrogens is 365 g/mol. The number of urea groups is 1. The van der Waals surface area contributed by atoms with E-state index in [9.17, 15) is 9.18 Å². The molecule has 2 amide bonds. The standard InChI is InChI=1S/C20H30FN3O2S/c1-14-12-24(13-15(2)26-14)19-8-7-16(11-18(19)21)23-20(25)22-9-10-27-17-5-3-4-6-17/h7-8,11,14-15,17H,3-6,9-10,12-13H2,1-2H3,(H2,22,23,25)/t14-,15-/m0/s1. The Hall–Kier alpha value is -1.47.